The second-order valence-corrected chi connectivity index (χ2v) is 4.75. The molecular weight excluding hydrogens is 292 g/mol. The molecule has 0 bridgehead atoms. The summed E-state index contributed by atoms with van der Waals surface area (Å²) in [5, 5.41) is 23.7. The Labute approximate surface area is 126 Å². The zero-order valence-electron chi connectivity index (χ0n) is 11.2. The fourth-order valence-electron chi connectivity index (χ4n) is 1.72. The van der Waals surface area contributed by atoms with Crippen LogP contribution in [0.1, 0.15) is 22.8 Å². The van der Waals surface area contributed by atoms with Crippen LogP contribution in [0.5, 0.6) is 11.5 Å². The van der Waals surface area contributed by atoms with Crippen molar-refractivity contribution in [3.63, 3.8) is 0 Å². The van der Waals surface area contributed by atoms with Gasteiger partial charge in [-0.1, -0.05) is 23.7 Å². The second-order valence-electron chi connectivity index (χ2n) is 4.32. The number of hydrogen-bond acceptors (Lipinski definition) is 4. The number of aromatic hydroxyl groups is 2. The zero-order chi connectivity index (χ0) is 15.4. The van der Waals surface area contributed by atoms with Gasteiger partial charge in [0.2, 0.25) is 0 Å². The van der Waals surface area contributed by atoms with E-state index in [1.165, 1.54) is 18.2 Å². The van der Waals surface area contributed by atoms with E-state index in [0.29, 0.717) is 16.3 Å². The fourth-order valence-corrected chi connectivity index (χ4v) is 1.89. The van der Waals surface area contributed by atoms with E-state index >= 15 is 0 Å². The van der Waals surface area contributed by atoms with Gasteiger partial charge in [0.1, 0.15) is 11.5 Å². The van der Waals surface area contributed by atoms with Gasteiger partial charge >= 0.3 is 0 Å². The van der Waals surface area contributed by atoms with Crippen molar-refractivity contribution in [2.75, 3.05) is 0 Å². The normalized spacial score (nSPS) is 11.2. The minimum Gasteiger partial charge on any atom is -0.507 e. The lowest BCUT2D eigenvalue weighted by Gasteiger charge is -2.06. The Hall–Kier alpha value is -2.53. The highest BCUT2D eigenvalue weighted by atomic mass is 35.5. The van der Waals surface area contributed by atoms with Crippen LogP contribution in [0.15, 0.2) is 47.6 Å². The Morgan fingerprint density at radius 1 is 1.10 bits per heavy atom. The molecule has 0 fully saturated rings. The lowest BCUT2D eigenvalue weighted by Crippen LogP contribution is -2.19. The van der Waals surface area contributed by atoms with Crippen LogP contribution in [0.3, 0.4) is 0 Å². The summed E-state index contributed by atoms with van der Waals surface area (Å²) in [5.74, 6) is -0.667. The number of amides is 1. The third-order valence-electron chi connectivity index (χ3n) is 2.82. The fraction of sp³-hybridized carbons (Fsp3) is 0.0667. The monoisotopic (exact) mass is 304 g/mol. The third kappa shape index (κ3) is 3.52. The highest BCUT2D eigenvalue weighted by molar-refractivity contribution is 6.31. The van der Waals surface area contributed by atoms with E-state index in [0.717, 1.165) is 0 Å². The van der Waals surface area contributed by atoms with Gasteiger partial charge in [-0.3, -0.25) is 4.79 Å². The summed E-state index contributed by atoms with van der Waals surface area (Å²) in [6, 6.07) is 10.7. The lowest BCUT2D eigenvalue weighted by molar-refractivity contribution is 0.0952. The molecule has 0 aliphatic carbocycles. The maximum Gasteiger partial charge on any atom is 0.275 e. The molecule has 21 heavy (non-hydrogen) atoms. The maximum atomic E-state index is 11.9. The predicted octanol–water partition coefficient (Wildman–Crippen LogP) is 2.91. The van der Waals surface area contributed by atoms with E-state index in [4.69, 9.17) is 11.6 Å². The van der Waals surface area contributed by atoms with Gasteiger partial charge in [0, 0.05) is 10.6 Å². The molecule has 0 atom stereocenters. The molecular formula is C15H13ClN2O3. The van der Waals surface area contributed by atoms with Gasteiger partial charge in [0.25, 0.3) is 5.91 Å². The number of phenols is 2. The molecule has 0 aromatic heterocycles. The first-order valence-corrected chi connectivity index (χ1v) is 6.48. The lowest BCUT2D eigenvalue weighted by atomic mass is 10.1. The van der Waals surface area contributed by atoms with Gasteiger partial charge in [-0.15, -0.1) is 0 Å². The smallest absolute Gasteiger partial charge is 0.275 e. The summed E-state index contributed by atoms with van der Waals surface area (Å²) < 4.78 is 0. The van der Waals surface area contributed by atoms with Gasteiger partial charge in [0.15, 0.2) is 0 Å². The summed E-state index contributed by atoms with van der Waals surface area (Å²) in [6.45, 7) is 1.62. The molecule has 0 saturated heterocycles. The summed E-state index contributed by atoms with van der Waals surface area (Å²) >= 11 is 5.85. The first-order valence-electron chi connectivity index (χ1n) is 6.10. The number of para-hydroxylation sites is 1. The highest BCUT2D eigenvalue weighted by Crippen LogP contribution is 2.22. The molecule has 0 saturated carbocycles. The average Bonchev–Trinajstić information content (AvgIpc) is 2.47. The second kappa shape index (κ2) is 6.28. The first-order chi connectivity index (χ1) is 9.99. The Balaban J connectivity index is 2.19. The topological polar surface area (TPSA) is 81.9 Å². The number of hydrazone groups is 1. The van der Waals surface area contributed by atoms with E-state index in [1.807, 2.05) is 0 Å². The molecule has 2 aromatic carbocycles. The van der Waals surface area contributed by atoms with Gasteiger partial charge in [-0.25, -0.2) is 5.43 Å². The van der Waals surface area contributed by atoms with Crippen LogP contribution in [0, 0.1) is 0 Å². The summed E-state index contributed by atoms with van der Waals surface area (Å²) in [5.41, 5.74) is 3.24. The molecule has 1 amide bonds. The van der Waals surface area contributed by atoms with Crippen molar-refractivity contribution in [1.29, 1.82) is 0 Å². The Morgan fingerprint density at radius 3 is 2.48 bits per heavy atom. The SMILES string of the molecule is CC(=NNC(=O)c1ccccc1O)c1cc(Cl)ccc1O. The molecule has 0 aliphatic heterocycles. The van der Waals surface area contributed by atoms with E-state index in [1.54, 1.807) is 31.2 Å². The van der Waals surface area contributed by atoms with Crippen molar-refractivity contribution in [3.8, 4) is 11.5 Å². The highest BCUT2D eigenvalue weighted by Gasteiger charge is 2.10. The standard InChI is InChI=1S/C15H13ClN2O3/c1-9(12-8-10(16)6-7-14(12)20)17-18-15(21)11-4-2-3-5-13(11)19/h2-8,19-20H,1H3,(H,18,21). The number of rotatable bonds is 3. The summed E-state index contributed by atoms with van der Waals surface area (Å²) in [7, 11) is 0. The van der Waals surface area contributed by atoms with Crippen molar-refractivity contribution < 1.29 is 15.0 Å². The van der Waals surface area contributed by atoms with Gasteiger partial charge in [-0.2, -0.15) is 5.10 Å². The number of benzene rings is 2. The van der Waals surface area contributed by atoms with Crippen molar-refractivity contribution in [2.24, 2.45) is 5.10 Å². The van der Waals surface area contributed by atoms with Crippen LogP contribution in [-0.2, 0) is 0 Å². The quantitative estimate of drug-likeness (QED) is 0.602. The van der Waals surface area contributed by atoms with Gasteiger partial charge < -0.3 is 10.2 Å². The molecule has 0 spiro atoms. The number of carbonyl (C=O) groups excluding carboxylic acids is 1. The number of phenolic OH excluding ortho intramolecular Hbond substituents is 2. The van der Waals surface area contributed by atoms with E-state index in [2.05, 4.69) is 10.5 Å². The predicted molar refractivity (Wildman–Crippen MR) is 80.9 cm³/mol. The van der Waals surface area contributed by atoms with Crippen molar-refractivity contribution >= 4 is 23.2 Å². The molecule has 0 aliphatic rings. The van der Waals surface area contributed by atoms with Crippen molar-refractivity contribution in [2.45, 2.75) is 6.92 Å². The minimum atomic E-state index is -0.547. The van der Waals surface area contributed by atoms with E-state index in [9.17, 15) is 15.0 Å². The number of nitrogens with zero attached hydrogens (tertiary/aromatic N) is 1. The van der Waals surface area contributed by atoms with Crippen LogP contribution >= 0.6 is 11.6 Å². The average molecular weight is 305 g/mol. The molecule has 2 rings (SSSR count). The molecule has 2 aromatic rings. The number of hydrogen-bond donors (Lipinski definition) is 3. The molecule has 0 unspecified atom stereocenters. The Bertz CT molecular complexity index is 714. The summed E-state index contributed by atoms with van der Waals surface area (Å²) in [4.78, 5) is 11.9. The molecule has 5 nitrogen and oxygen atoms in total. The molecule has 3 N–H and O–H groups in total. The number of nitrogens with one attached hydrogen (secondary N) is 1. The van der Waals surface area contributed by atoms with Crippen LogP contribution in [-0.4, -0.2) is 21.8 Å². The number of carbonyl (C=O) groups is 1. The number of halogens is 1. The zero-order valence-corrected chi connectivity index (χ0v) is 11.9. The van der Waals surface area contributed by atoms with Gasteiger partial charge in [-0.05, 0) is 37.3 Å². The third-order valence-corrected chi connectivity index (χ3v) is 3.06. The van der Waals surface area contributed by atoms with Crippen molar-refractivity contribution in [3.05, 3.63) is 58.6 Å². The van der Waals surface area contributed by atoms with E-state index in [-0.39, 0.29) is 17.1 Å². The first kappa shape index (κ1) is 14.9. The Kier molecular flexibility index (Phi) is 4.45. The molecule has 0 heterocycles. The Morgan fingerprint density at radius 2 is 1.76 bits per heavy atom. The van der Waals surface area contributed by atoms with Crippen molar-refractivity contribution in [1.82, 2.24) is 5.43 Å². The largest absolute Gasteiger partial charge is 0.507 e. The molecule has 0 radical (unpaired) electrons. The summed E-state index contributed by atoms with van der Waals surface area (Å²) in [6.07, 6.45) is 0. The van der Waals surface area contributed by atoms with Crippen LogP contribution < -0.4 is 5.43 Å². The van der Waals surface area contributed by atoms with Crippen LogP contribution in [0.2, 0.25) is 5.02 Å². The van der Waals surface area contributed by atoms with Crippen LogP contribution in [0.4, 0.5) is 0 Å². The van der Waals surface area contributed by atoms with Gasteiger partial charge in [0.05, 0.1) is 11.3 Å². The van der Waals surface area contributed by atoms with Crippen LogP contribution in [0.25, 0.3) is 0 Å². The molecule has 6 heteroatoms. The minimum absolute atomic E-state index is 0.0115. The maximum absolute atomic E-state index is 11.9. The molecule has 108 valence electrons. The van der Waals surface area contributed by atoms with E-state index < -0.39 is 5.91 Å².